The smallest absolute Gasteiger partial charge is 0.232 e. The van der Waals surface area contributed by atoms with E-state index in [0.29, 0.717) is 0 Å². The van der Waals surface area contributed by atoms with Crippen molar-refractivity contribution in [3.05, 3.63) is 84.7 Å². The maximum Gasteiger partial charge on any atom is 0.287 e. The van der Waals surface area contributed by atoms with E-state index in [9.17, 15) is 0 Å². The van der Waals surface area contributed by atoms with E-state index in [1.807, 2.05) is 13.4 Å². The highest BCUT2D eigenvalue weighted by molar-refractivity contribution is 5.87. The van der Waals surface area contributed by atoms with Gasteiger partial charge < -0.3 is 0 Å². The zero-order chi connectivity index (χ0) is 16.5. The maximum atomic E-state index is 4.63. The van der Waals surface area contributed by atoms with E-state index in [1.54, 1.807) is 0 Å². The summed E-state index contributed by atoms with van der Waals surface area (Å²) in [5.41, 5.74) is 5.82. The molecule has 0 saturated heterocycles. The van der Waals surface area contributed by atoms with E-state index in [1.165, 1.54) is 27.6 Å². The Labute approximate surface area is 142 Å². The van der Waals surface area contributed by atoms with Crippen LogP contribution in [0.5, 0.6) is 0 Å². The number of rotatable bonds is 2. The van der Waals surface area contributed by atoms with Gasteiger partial charge in [-0.25, -0.2) is 4.57 Å². The molecular formula is C22H19N2+. The normalized spacial score (nSPS) is 10.9. The van der Waals surface area contributed by atoms with Crippen molar-refractivity contribution in [3.8, 4) is 22.5 Å². The van der Waals surface area contributed by atoms with E-state index in [4.69, 9.17) is 0 Å². The van der Waals surface area contributed by atoms with Crippen LogP contribution in [0, 0.1) is 6.92 Å². The van der Waals surface area contributed by atoms with Crippen molar-refractivity contribution in [2.24, 2.45) is 7.05 Å². The van der Waals surface area contributed by atoms with Gasteiger partial charge in [-0.2, -0.15) is 0 Å². The largest absolute Gasteiger partial charge is 0.287 e. The lowest BCUT2D eigenvalue weighted by Gasteiger charge is -2.07. The number of hydrogen-bond donors (Lipinski definition) is 0. The van der Waals surface area contributed by atoms with Gasteiger partial charge in [0.2, 0.25) is 0 Å². The Bertz CT molecular complexity index is 1030. The number of benzene rings is 3. The van der Waals surface area contributed by atoms with Gasteiger partial charge in [-0.3, -0.25) is 0 Å². The quantitative estimate of drug-likeness (QED) is 0.490. The van der Waals surface area contributed by atoms with Gasteiger partial charge in [-0.15, -0.1) is 0 Å². The van der Waals surface area contributed by atoms with Crippen LogP contribution < -0.4 is 4.57 Å². The average molecular weight is 311 g/mol. The first-order valence-corrected chi connectivity index (χ1v) is 8.13. The highest BCUT2D eigenvalue weighted by Crippen LogP contribution is 2.26. The number of fused-ring (bicyclic) bond motifs is 1. The van der Waals surface area contributed by atoms with Crippen LogP contribution in [-0.4, -0.2) is 4.98 Å². The summed E-state index contributed by atoms with van der Waals surface area (Å²) in [7, 11) is 2.04. The third kappa shape index (κ3) is 2.56. The molecule has 116 valence electrons. The molecule has 3 aromatic carbocycles. The third-order valence-electron chi connectivity index (χ3n) is 4.49. The van der Waals surface area contributed by atoms with Crippen molar-refractivity contribution in [2.75, 3.05) is 0 Å². The molecule has 0 atom stereocenters. The summed E-state index contributed by atoms with van der Waals surface area (Å²) >= 11 is 0. The zero-order valence-corrected chi connectivity index (χ0v) is 13.9. The molecule has 0 amide bonds. The predicted octanol–water partition coefficient (Wildman–Crippen LogP) is 4.70. The summed E-state index contributed by atoms with van der Waals surface area (Å²) in [5, 5.41) is 2.49. The molecule has 0 unspecified atom stereocenters. The van der Waals surface area contributed by atoms with Crippen LogP contribution in [0.15, 0.2) is 79.1 Å². The van der Waals surface area contributed by atoms with Crippen molar-refractivity contribution in [1.29, 1.82) is 0 Å². The highest BCUT2D eigenvalue weighted by Gasteiger charge is 2.14. The molecule has 1 heterocycles. The molecular weight excluding hydrogens is 292 g/mol. The Balaban J connectivity index is 1.87. The monoisotopic (exact) mass is 311 g/mol. The fourth-order valence-corrected chi connectivity index (χ4v) is 3.11. The van der Waals surface area contributed by atoms with E-state index < -0.39 is 0 Å². The number of aromatic nitrogens is 2. The first-order valence-electron chi connectivity index (χ1n) is 8.13. The predicted molar refractivity (Wildman–Crippen MR) is 98.5 cm³/mol. The van der Waals surface area contributed by atoms with Crippen LogP contribution in [0.2, 0.25) is 0 Å². The van der Waals surface area contributed by atoms with Crippen molar-refractivity contribution in [2.45, 2.75) is 6.92 Å². The second-order valence-corrected chi connectivity index (χ2v) is 6.15. The van der Waals surface area contributed by atoms with Gasteiger partial charge in [0, 0.05) is 17.2 Å². The summed E-state index contributed by atoms with van der Waals surface area (Å²) in [5.74, 6) is 0. The minimum Gasteiger partial charge on any atom is -0.232 e. The highest BCUT2D eigenvalue weighted by atomic mass is 15.0. The molecule has 0 bridgehead atoms. The van der Waals surface area contributed by atoms with E-state index in [2.05, 4.69) is 89.3 Å². The van der Waals surface area contributed by atoms with Crippen LogP contribution in [0.3, 0.4) is 0 Å². The molecule has 4 aromatic rings. The molecule has 24 heavy (non-hydrogen) atoms. The Morgan fingerprint density at radius 3 is 2.38 bits per heavy atom. The second-order valence-electron chi connectivity index (χ2n) is 6.15. The Morgan fingerprint density at radius 1 is 0.792 bits per heavy atom. The summed E-state index contributed by atoms with van der Waals surface area (Å²) < 4.78 is 2.08. The van der Waals surface area contributed by atoms with Crippen LogP contribution in [-0.2, 0) is 7.05 Å². The third-order valence-corrected chi connectivity index (χ3v) is 4.49. The van der Waals surface area contributed by atoms with Gasteiger partial charge in [-0.05, 0) is 40.4 Å². The summed E-state index contributed by atoms with van der Waals surface area (Å²) in [6.07, 6.45) is 1.90. The maximum absolute atomic E-state index is 4.63. The van der Waals surface area contributed by atoms with Crippen LogP contribution in [0.25, 0.3) is 33.3 Å². The van der Waals surface area contributed by atoms with Crippen molar-refractivity contribution >= 4 is 10.8 Å². The van der Waals surface area contributed by atoms with Gasteiger partial charge in [0.15, 0.2) is 5.69 Å². The van der Waals surface area contributed by atoms with Gasteiger partial charge in [0.1, 0.15) is 5.69 Å². The molecule has 0 aliphatic rings. The molecule has 0 aliphatic carbocycles. The van der Waals surface area contributed by atoms with Gasteiger partial charge in [0.25, 0.3) is 6.33 Å². The standard InChI is InChI=1S/C22H19N2/c1-16-7-3-6-10-20(16)22-14-21(23-15-24(22)2)19-12-11-17-8-4-5-9-18(17)13-19/h3-15H,1-2H3/q+1. The molecule has 0 radical (unpaired) electrons. The van der Waals surface area contributed by atoms with Gasteiger partial charge >= 0.3 is 0 Å². The summed E-state index contributed by atoms with van der Waals surface area (Å²) in [4.78, 5) is 4.63. The molecule has 2 nitrogen and oxygen atoms in total. The molecule has 0 fully saturated rings. The SMILES string of the molecule is Cc1ccccc1-c1cc(-c2ccc3ccccc3c2)nc[n+]1C. The van der Waals surface area contributed by atoms with E-state index >= 15 is 0 Å². The fourth-order valence-electron chi connectivity index (χ4n) is 3.11. The van der Waals surface area contributed by atoms with E-state index in [-0.39, 0.29) is 0 Å². The Kier molecular flexibility index (Phi) is 3.58. The number of hydrogen-bond acceptors (Lipinski definition) is 1. The van der Waals surface area contributed by atoms with Crippen LogP contribution >= 0.6 is 0 Å². The van der Waals surface area contributed by atoms with Crippen molar-refractivity contribution in [3.63, 3.8) is 0 Å². The minimum absolute atomic E-state index is 0.997. The first-order chi connectivity index (χ1) is 11.7. The van der Waals surface area contributed by atoms with Gasteiger partial charge in [0.05, 0.1) is 7.05 Å². The molecule has 2 heteroatoms. The van der Waals surface area contributed by atoms with E-state index in [0.717, 1.165) is 11.3 Å². The number of nitrogens with zero attached hydrogens (tertiary/aromatic N) is 2. The van der Waals surface area contributed by atoms with Gasteiger partial charge in [-0.1, -0.05) is 54.6 Å². The molecule has 0 N–H and O–H groups in total. The zero-order valence-electron chi connectivity index (χ0n) is 13.9. The summed E-state index contributed by atoms with van der Waals surface area (Å²) in [6, 6.07) is 25.6. The first kappa shape index (κ1) is 14.6. The fraction of sp³-hybridized carbons (Fsp3) is 0.0909. The molecule has 0 saturated carbocycles. The molecule has 4 rings (SSSR count). The molecule has 0 aliphatic heterocycles. The average Bonchev–Trinajstić information content (AvgIpc) is 2.62. The van der Waals surface area contributed by atoms with Crippen molar-refractivity contribution in [1.82, 2.24) is 4.98 Å². The lowest BCUT2D eigenvalue weighted by molar-refractivity contribution is -0.663. The number of aryl methyl sites for hydroxylation is 2. The topological polar surface area (TPSA) is 16.8 Å². The molecule has 0 spiro atoms. The van der Waals surface area contributed by atoms with Crippen LogP contribution in [0.4, 0.5) is 0 Å². The Hall–Kier alpha value is -3.00. The lowest BCUT2D eigenvalue weighted by Crippen LogP contribution is -2.31. The Morgan fingerprint density at radius 2 is 1.54 bits per heavy atom. The second kappa shape index (κ2) is 5.89. The summed E-state index contributed by atoms with van der Waals surface area (Å²) in [6.45, 7) is 2.14. The minimum atomic E-state index is 0.997. The van der Waals surface area contributed by atoms with Crippen LogP contribution in [0.1, 0.15) is 5.56 Å². The van der Waals surface area contributed by atoms with Crippen molar-refractivity contribution < 1.29 is 4.57 Å². The molecule has 1 aromatic heterocycles. The lowest BCUT2D eigenvalue weighted by atomic mass is 10.0.